The first-order valence-corrected chi connectivity index (χ1v) is 7.60. The van der Waals surface area contributed by atoms with E-state index in [1.807, 2.05) is 37.4 Å². The van der Waals surface area contributed by atoms with Crippen LogP contribution in [0.1, 0.15) is 19.0 Å². The molecule has 0 aliphatic carbocycles. The zero-order chi connectivity index (χ0) is 14.5. The number of amides is 1. The van der Waals surface area contributed by atoms with Crippen molar-refractivity contribution in [3.63, 3.8) is 0 Å². The molecule has 0 fully saturated rings. The molecule has 0 unspecified atom stereocenters. The van der Waals surface area contributed by atoms with E-state index in [4.69, 9.17) is 11.6 Å². The average Bonchev–Trinajstić information content (AvgIpc) is 2.83. The Morgan fingerprint density at radius 1 is 1.45 bits per heavy atom. The Morgan fingerprint density at radius 2 is 2.20 bits per heavy atom. The second-order valence-corrected chi connectivity index (χ2v) is 5.63. The van der Waals surface area contributed by atoms with Crippen molar-refractivity contribution in [1.29, 1.82) is 0 Å². The van der Waals surface area contributed by atoms with Gasteiger partial charge >= 0.3 is 0 Å². The van der Waals surface area contributed by atoms with E-state index in [1.54, 1.807) is 6.07 Å². The molecule has 20 heavy (non-hydrogen) atoms. The fourth-order valence-corrected chi connectivity index (χ4v) is 2.60. The fourth-order valence-electron chi connectivity index (χ4n) is 1.72. The first kappa shape index (κ1) is 14.8. The third-order valence-electron chi connectivity index (χ3n) is 2.78. The number of hydrogen-bond acceptors (Lipinski definition) is 4. The van der Waals surface area contributed by atoms with Crippen LogP contribution in [-0.2, 0) is 4.79 Å². The molecule has 0 saturated heterocycles. The van der Waals surface area contributed by atoms with Gasteiger partial charge in [0.2, 0.25) is 5.91 Å². The summed E-state index contributed by atoms with van der Waals surface area (Å²) < 4.78 is 0. The summed E-state index contributed by atoms with van der Waals surface area (Å²) >= 11 is 7.51. The largest absolute Gasteiger partial charge is 0.372 e. The average molecular weight is 310 g/mol. The summed E-state index contributed by atoms with van der Waals surface area (Å²) in [5.74, 6) is -0.109. The molecule has 0 spiro atoms. The first-order chi connectivity index (χ1) is 9.60. The number of halogens is 1. The number of nitrogens with zero attached hydrogens (tertiary/aromatic N) is 1. The van der Waals surface area contributed by atoms with Crippen LogP contribution in [0.15, 0.2) is 29.6 Å². The highest BCUT2D eigenvalue weighted by Crippen LogP contribution is 2.22. The van der Waals surface area contributed by atoms with Crippen LogP contribution >= 0.6 is 22.9 Å². The summed E-state index contributed by atoms with van der Waals surface area (Å²) in [4.78, 5) is 16.4. The molecule has 4 nitrogen and oxygen atoms in total. The van der Waals surface area contributed by atoms with Gasteiger partial charge in [-0.25, -0.2) is 4.98 Å². The van der Waals surface area contributed by atoms with Crippen molar-refractivity contribution < 1.29 is 4.79 Å². The molecule has 0 radical (unpaired) electrons. The number of hydrogen-bond donors (Lipinski definition) is 2. The van der Waals surface area contributed by atoms with Crippen molar-refractivity contribution in [2.45, 2.75) is 26.3 Å². The fraction of sp³-hybridized carbons (Fsp3) is 0.286. The van der Waals surface area contributed by atoms with E-state index in [-0.39, 0.29) is 11.9 Å². The molecule has 1 atom stereocenters. The molecule has 0 bridgehead atoms. The number of rotatable bonds is 5. The number of aryl methyl sites for hydroxylation is 1. The summed E-state index contributed by atoms with van der Waals surface area (Å²) in [5, 5.41) is 9.09. The maximum absolute atomic E-state index is 12.2. The summed E-state index contributed by atoms with van der Waals surface area (Å²) in [6, 6.07) is 7.03. The van der Waals surface area contributed by atoms with E-state index < -0.39 is 0 Å². The van der Waals surface area contributed by atoms with Crippen LogP contribution in [0.5, 0.6) is 0 Å². The topological polar surface area (TPSA) is 54.0 Å². The highest BCUT2D eigenvalue weighted by atomic mass is 35.5. The van der Waals surface area contributed by atoms with Crippen LogP contribution in [-0.4, -0.2) is 16.9 Å². The molecular weight excluding hydrogens is 294 g/mol. The lowest BCUT2D eigenvalue weighted by Crippen LogP contribution is -2.34. The molecule has 0 aliphatic heterocycles. The van der Waals surface area contributed by atoms with Crippen LogP contribution in [0.4, 0.5) is 10.8 Å². The number of para-hydroxylation sites is 1. The number of nitrogens with one attached hydrogen (secondary N) is 2. The Kier molecular flexibility index (Phi) is 4.98. The van der Waals surface area contributed by atoms with Gasteiger partial charge in [-0.1, -0.05) is 30.7 Å². The molecular formula is C14H16ClN3OS. The lowest BCUT2D eigenvalue weighted by molar-refractivity contribution is -0.116. The van der Waals surface area contributed by atoms with E-state index in [2.05, 4.69) is 15.6 Å². The molecule has 2 rings (SSSR count). The maximum atomic E-state index is 12.2. The van der Waals surface area contributed by atoms with Crippen molar-refractivity contribution in [2.24, 2.45) is 0 Å². The summed E-state index contributed by atoms with van der Waals surface area (Å²) in [6.07, 6.45) is 0.654. The lowest BCUT2D eigenvalue weighted by Gasteiger charge is -2.17. The molecule has 1 heterocycles. The monoisotopic (exact) mass is 309 g/mol. The van der Waals surface area contributed by atoms with E-state index in [0.717, 1.165) is 11.4 Å². The number of carbonyl (C=O) groups is 1. The quantitative estimate of drug-likeness (QED) is 0.879. The lowest BCUT2D eigenvalue weighted by atomic mass is 10.2. The van der Waals surface area contributed by atoms with Gasteiger partial charge in [-0.05, 0) is 25.5 Å². The summed E-state index contributed by atoms with van der Waals surface area (Å²) in [5.41, 5.74) is 1.66. The number of anilines is 2. The Balaban J connectivity index is 2.04. The maximum Gasteiger partial charge on any atom is 0.248 e. The standard InChI is InChI=1S/C14H16ClN3OS/c1-3-11(17-12-7-5-4-6-10(12)15)13(19)18-14-16-9(2)8-20-14/h4-8,11,17H,3H2,1-2H3,(H,16,18,19)/t11-/m0/s1. The van der Waals surface area contributed by atoms with Gasteiger partial charge < -0.3 is 10.6 Å². The third kappa shape index (κ3) is 3.71. The Hall–Kier alpha value is -1.59. The van der Waals surface area contributed by atoms with Gasteiger partial charge in [0.1, 0.15) is 6.04 Å². The molecule has 2 aromatic rings. The van der Waals surface area contributed by atoms with Crippen LogP contribution < -0.4 is 10.6 Å². The van der Waals surface area contributed by atoms with Crippen molar-refractivity contribution in [2.75, 3.05) is 10.6 Å². The molecule has 0 aliphatic rings. The molecule has 0 saturated carbocycles. The normalized spacial score (nSPS) is 11.9. The van der Waals surface area contributed by atoms with E-state index >= 15 is 0 Å². The SMILES string of the molecule is CC[C@H](Nc1ccccc1Cl)C(=O)Nc1nc(C)cs1. The minimum atomic E-state index is -0.348. The van der Waals surface area contributed by atoms with Gasteiger partial charge in [-0.2, -0.15) is 0 Å². The minimum absolute atomic E-state index is 0.109. The second-order valence-electron chi connectivity index (χ2n) is 4.37. The molecule has 1 aromatic carbocycles. The van der Waals surface area contributed by atoms with E-state index in [9.17, 15) is 4.79 Å². The number of carbonyl (C=O) groups excluding carboxylic acids is 1. The van der Waals surface area contributed by atoms with Crippen LogP contribution in [0.3, 0.4) is 0 Å². The highest BCUT2D eigenvalue weighted by Gasteiger charge is 2.18. The second kappa shape index (κ2) is 6.72. The zero-order valence-electron chi connectivity index (χ0n) is 11.3. The van der Waals surface area contributed by atoms with Crippen molar-refractivity contribution >= 4 is 39.7 Å². The molecule has 2 N–H and O–H groups in total. The van der Waals surface area contributed by atoms with Gasteiger partial charge in [-0.15, -0.1) is 11.3 Å². The highest BCUT2D eigenvalue weighted by molar-refractivity contribution is 7.13. The van der Waals surface area contributed by atoms with Crippen LogP contribution in [0.25, 0.3) is 0 Å². The third-order valence-corrected chi connectivity index (χ3v) is 3.98. The summed E-state index contributed by atoms with van der Waals surface area (Å²) in [6.45, 7) is 3.84. The Bertz CT molecular complexity index is 600. The van der Waals surface area contributed by atoms with Crippen molar-refractivity contribution in [1.82, 2.24) is 4.98 Å². The van der Waals surface area contributed by atoms with Crippen molar-refractivity contribution in [3.05, 3.63) is 40.4 Å². The van der Waals surface area contributed by atoms with Crippen LogP contribution in [0.2, 0.25) is 5.02 Å². The van der Waals surface area contributed by atoms with E-state index in [1.165, 1.54) is 11.3 Å². The van der Waals surface area contributed by atoms with Gasteiger partial charge in [0, 0.05) is 5.38 Å². The molecule has 1 aromatic heterocycles. The molecule has 6 heteroatoms. The predicted octanol–water partition coefficient (Wildman–Crippen LogP) is 3.93. The summed E-state index contributed by atoms with van der Waals surface area (Å²) in [7, 11) is 0. The number of thiazole rings is 1. The first-order valence-electron chi connectivity index (χ1n) is 6.34. The number of aromatic nitrogens is 1. The van der Waals surface area contributed by atoms with Gasteiger partial charge in [0.15, 0.2) is 5.13 Å². The van der Waals surface area contributed by atoms with Gasteiger partial charge in [-0.3, -0.25) is 4.79 Å². The smallest absolute Gasteiger partial charge is 0.248 e. The number of benzene rings is 1. The Morgan fingerprint density at radius 3 is 2.80 bits per heavy atom. The Labute approximate surface area is 127 Å². The van der Waals surface area contributed by atoms with Gasteiger partial charge in [0.25, 0.3) is 0 Å². The van der Waals surface area contributed by atoms with Crippen LogP contribution in [0, 0.1) is 6.92 Å². The minimum Gasteiger partial charge on any atom is -0.372 e. The zero-order valence-corrected chi connectivity index (χ0v) is 12.9. The molecule has 1 amide bonds. The predicted molar refractivity (Wildman–Crippen MR) is 84.6 cm³/mol. The van der Waals surface area contributed by atoms with E-state index in [0.29, 0.717) is 16.6 Å². The van der Waals surface area contributed by atoms with Gasteiger partial charge in [0.05, 0.1) is 16.4 Å². The van der Waals surface area contributed by atoms with Crippen molar-refractivity contribution in [3.8, 4) is 0 Å². The molecule has 106 valence electrons.